The van der Waals surface area contributed by atoms with E-state index in [2.05, 4.69) is 10.3 Å². The molecule has 0 spiro atoms. The van der Waals surface area contributed by atoms with Crippen LogP contribution >= 0.6 is 11.3 Å². The van der Waals surface area contributed by atoms with E-state index >= 15 is 0 Å². The number of fused-ring (bicyclic) bond motifs is 1. The second-order valence-corrected chi connectivity index (χ2v) is 8.08. The number of methoxy groups -OCH3 is 1. The molecule has 0 saturated heterocycles. The standard InChI is InChI=1S/C23H20N4O4S/c1-27-9-8-24-21(27)20-18(14-6-4-3-5-7-14)25-23(32-20)26-22(28)15-12-16(29-2)19-17(13-15)30-10-11-31-19/h3-9,12-13H,10-11H2,1-2H3,(H,25,26,28). The maximum atomic E-state index is 13.1. The summed E-state index contributed by atoms with van der Waals surface area (Å²) >= 11 is 1.37. The summed E-state index contributed by atoms with van der Waals surface area (Å²) in [7, 11) is 3.46. The number of anilines is 1. The number of thiazole rings is 1. The van der Waals surface area contributed by atoms with Crippen molar-refractivity contribution in [2.75, 3.05) is 25.6 Å². The molecule has 1 aliphatic heterocycles. The molecule has 8 nitrogen and oxygen atoms in total. The molecule has 3 heterocycles. The van der Waals surface area contributed by atoms with Crippen molar-refractivity contribution in [2.24, 2.45) is 7.05 Å². The highest BCUT2D eigenvalue weighted by molar-refractivity contribution is 7.19. The summed E-state index contributed by atoms with van der Waals surface area (Å²) < 4.78 is 18.6. The SMILES string of the molecule is COc1cc(C(=O)Nc2nc(-c3ccccc3)c(-c3nccn3C)s2)cc2c1OCCO2. The van der Waals surface area contributed by atoms with E-state index in [0.717, 1.165) is 22.0 Å². The van der Waals surface area contributed by atoms with Gasteiger partial charge in [0.05, 0.1) is 17.7 Å². The number of imidazole rings is 1. The minimum Gasteiger partial charge on any atom is -0.493 e. The molecule has 0 saturated carbocycles. The third-order valence-electron chi connectivity index (χ3n) is 5.01. The number of nitrogens with one attached hydrogen (secondary N) is 1. The van der Waals surface area contributed by atoms with E-state index in [-0.39, 0.29) is 5.91 Å². The molecule has 162 valence electrons. The number of benzene rings is 2. The molecule has 4 aromatic rings. The van der Waals surface area contributed by atoms with Gasteiger partial charge in [-0.05, 0) is 12.1 Å². The Balaban J connectivity index is 1.50. The fourth-order valence-electron chi connectivity index (χ4n) is 3.47. The predicted octanol–water partition coefficient (Wildman–Crippen LogP) is 4.24. The maximum absolute atomic E-state index is 13.1. The van der Waals surface area contributed by atoms with Gasteiger partial charge in [0.25, 0.3) is 5.91 Å². The summed E-state index contributed by atoms with van der Waals surface area (Å²) in [6.45, 7) is 0.855. The molecule has 0 aliphatic carbocycles. The molecule has 32 heavy (non-hydrogen) atoms. The summed E-state index contributed by atoms with van der Waals surface area (Å²) in [5.74, 6) is 1.90. The van der Waals surface area contributed by atoms with Crippen LogP contribution in [0.5, 0.6) is 17.2 Å². The second kappa shape index (κ2) is 8.35. The van der Waals surface area contributed by atoms with E-state index in [1.165, 1.54) is 18.4 Å². The zero-order valence-electron chi connectivity index (χ0n) is 17.5. The zero-order valence-corrected chi connectivity index (χ0v) is 18.3. The molecular weight excluding hydrogens is 428 g/mol. The molecule has 1 aliphatic rings. The lowest BCUT2D eigenvalue weighted by Crippen LogP contribution is -2.18. The summed E-state index contributed by atoms with van der Waals surface area (Å²) in [5.41, 5.74) is 2.10. The fourth-order valence-corrected chi connectivity index (χ4v) is 4.50. The number of aromatic nitrogens is 3. The minimum absolute atomic E-state index is 0.319. The Morgan fingerprint density at radius 3 is 2.75 bits per heavy atom. The topological polar surface area (TPSA) is 87.5 Å². The van der Waals surface area contributed by atoms with E-state index in [9.17, 15) is 4.79 Å². The van der Waals surface area contributed by atoms with Crippen molar-refractivity contribution in [1.82, 2.24) is 14.5 Å². The normalized spacial score (nSPS) is 12.4. The van der Waals surface area contributed by atoms with Crippen LogP contribution in [0.25, 0.3) is 22.0 Å². The highest BCUT2D eigenvalue weighted by Gasteiger charge is 2.23. The molecule has 2 aromatic carbocycles. The van der Waals surface area contributed by atoms with Gasteiger partial charge in [-0.1, -0.05) is 41.7 Å². The van der Waals surface area contributed by atoms with Crippen LogP contribution in [0.1, 0.15) is 10.4 Å². The molecular formula is C23H20N4O4S. The molecule has 9 heteroatoms. The Labute approximate surface area is 188 Å². The first-order valence-corrected chi connectivity index (χ1v) is 10.8. The Morgan fingerprint density at radius 2 is 2.00 bits per heavy atom. The number of aryl methyl sites for hydroxylation is 1. The van der Waals surface area contributed by atoms with Crippen LogP contribution in [0.3, 0.4) is 0 Å². The van der Waals surface area contributed by atoms with Crippen molar-refractivity contribution >= 4 is 22.4 Å². The van der Waals surface area contributed by atoms with E-state index in [1.807, 2.05) is 48.1 Å². The second-order valence-electron chi connectivity index (χ2n) is 7.08. The van der Waals surface area contributed by atoms with Crippen LogP contribution in [-0.4, -0.2) is 40.8 Å². The van der Waals surface area contributed by atoms with Crippen molar-refractivity contribution in [3.63, 3.8) is 0 Å². The lowest BCUT2D eigenvalue weighted by atomic mass is 10.1. The summed E-state index contributed by atoms with van der Waals surface area (Å²) in [6.07, 6.45) is 3.62. The molecule has 1 amide bonds. The number of carbonyl (C=O) groups excluding carboxylic acids is 1. The first-order chi connectivity index (χ1) is 15.6. The number of hydrogen-bond donors (Lipinski definition) is 1. The van der Waals surface area contributed by atoms with Gasteiger partial charge < -0.3 is 18.8 Å². The molecule has 0 fully saturated rings. The van der Waals surface area contributed by atoms with E-state index < -0.39 is 0 Å². The highest BCUT2D eigenvalue weighted by atomic mass is 32.1. The van der Waals surface area contributed by atoms with Crippen LogP contribution in [0.2, 0.25) is 0 Å². The number of rotatable bonds is 5. The zero-order chi connectivity index (χ0) is 22.1. The minimum atomic E-state index is -0.319. The van der Waals surface area contributed by atoms with Gasteiger partial charge in [0.2, 0.25) is 5.75 Å². The molecule has 0 atom stereocenters. The Morgan fingerprint density at radius 1 is 1.19 bits per heavy atom. The third-order valence-corrected chi connectivity index (χ3v) is 5.98. The Hall–Kier alpha value is -3.85. The monoisotopic (exact) mass is 448 g/mol. The van der Waals surface area contributed by atoms with Gasteiger partial charge in [-0.25, -0.2) is 9.97 Å². The first kappa shape index (κ1) is 20.1. The van der Waals surface area contributed by atoms with Crippen molar-refractivity contribution in [3.05, 3.63) is 60.4 Å². The number of ether oxygens (including phenoxy) is 3. The van der Waals surface area contributed by atoms with Gasteiger partial charge >= 0.3 is 0 Å². The average Bonchev–Trinajstić information content (AvgIpc) is 3.44. The predicted molar refractivity (Wildman–Crippen MR) is 122 cm³/mol. The quantitative estimate of drug-likeness (QED) is 0.491. The largest absolute Gasteiger partial charge is 0.493 e. The van der Waals surface area contributed by atoms with Crippen LogP contribution < -0.4 is 19.5 Å². The van der Waals surface area contributed by atoms with Crippen LogP contribution in [-0.2, 0) is 7.05 Å². The highest BCUT2D eigenvalue weighted by Crippen LogP contribution is 2.41. The molecule has 0 bridgehead atoms. The third kappa shape index (κ3) is 3.67. The first-order valence-electron chi connectivity index (χ1n) is 9.97. The van der Waals surface area contributed by atoms with Gasteiger partial charge in [-0.15, -0.1) is 0 Å². The molecule has 0 unspecified atom stereocenters. The number of hydrogen-bond acceptors (Lipinski definition) is 7. The van der Waals surface area contributed by atoms with Gasteiger partial charge in [-0.2, -0.15) is 0 Å². The number of carbonyl (C=O) groups is 1. The van der Waals surface area contributed by atoms with Crippen molar-refractivity contribution < 1.29 is 19.0 Å². The van der Waals surface area contributed by atoms with Gasteiger partial charge in [0.1, 0.15) is 13.2 Å². The fraction of sp³-hybridized carbons (Fsp3) is 0.174. The smallest absolute Gasteiger partial charge is 0.257 e. The maximum Gasteiger partial charge on any atom is 0.257 e. The Kier molecular flexibility index (Phi) is 5.24. The summed E-state index contributed by atoms with van der Waals surface area (Å²) in [6, 6.07) is 13.1. The molecule has 5 rings (SSSR count). The van der Waals surface area contributed by atoms with E-state index in [4.69, 9.17) is 19.2 Å². The molecule has 1 N–H and O–H groups in total. The molecule has 0 radical (unpaired) electrons. The lowest BCUT2D eigenvalue weighted by Gasteiger charge is -2.21. The van der Waals surface area contributed by atoms with Crippen LogP contribution in [0.15, 0.2) is 54.9 Å². The average molecular weight is 449 g/mol. The van der Waals surface area contributed by atoms with Gasteiger partial charge in [0, 0.05) is 30.6 Å². The summed E-state index contributed by atoms with van der Waals surface area (Å²) in [5, 5.41) is 3.38. The van der Waals surface area contributed by atoms with Crippen LogP contribution in [0, 0.1) is 0 Å². The van der Waals surface area contributed by atoms with Crippen molar-refractivity contribution in [1.29, 1.82) is 0 Å². The number of nitrogens with zero attached hydrogens (tertiary/aromatic N) is 3. The Bertz CT molecular complexity index is 1270. The van der Waals surface area contributed by atoms with Gasteiger partial charge in [-0.3, -0.25) is 10.1 Å². The van der Waals surface area contributed by atoms with E-state index in [1.54, 1.807) is 18.3 Å². The van der Waals surface area contributed by atoms with Crippen molar-refractivity contribution in [2.45, 2.75) is 0 Å². The number of amides is 1. The van der Waals surface area contributed by atoms with Crippen LogP contribution in [0.4, 0.5) is 5.13 Å². The molecule has 2 aromatic heterocycles. The van der Waals surface area contributed by atoms with Gasteiger partial charge in [0.15, 0.2) is 22.5 Å². The van der Waals surface area contributed by atoms with Crippen molar-refractivity contribution in [3.8, 4) is 39.2 Å². The summed E-state index contributed by atoms with van der Waals surface area (Å²) in [4.78, 5) is 23.1. The lowest BCUT2D eigenvalue weighted by molar-refractivity contribution is 0.102. The van der Waals surface area contributed by atoms with E-state index in [0.29, 0.717) is 41.2 Å².